The van der Waals surface area contributed by atoms with E-state index in [2.05, 4.69) is 22.8 Å². The second-order valence-electron chi connectivity index (χ2n) is 5.02. The highest BCUT2D eigenvalue weighted by Crippen LogP contribution is 2.17. The summed E-state index contributed by atoms with van der Waals surface area (Å²) in [6.45, 7) is 0. The van der Waals surface area contributed by atoms with Gasteiger partial charge in [0.05, 0.1) is 6.04 Å². The van der Waals surface area contributed by atoms with Gasteiger partial charge < -0.3 is 10.6 Å². The monoisotopic (exact) mass is 246 g/mol. The van der Waals surface area contributed by atoms with E-state index in [9.17, 15) is 4.79 Å². The molecule has 1 aliphatic rings. The Bertz CT molecular complexity index is 371. The maximum atomic E-state index is 12.2. The molecule has 1 amide bonds. The number of hydrogen-bond donors (Lipinski definition) is 2. The topological polar surface area (TPSA) is 41.1 Å². The summed E-state index contributed by atoms with van der Waals surface area (Å²) in [4.78, 5) is 12.2. The minimum atomic E-state index is -0.131. The third-order valence-electron chi connectivity index (χ3n) is 3.65. The van der Waals surface area contributed by atoms with Crippen molar-refractivity contribution in [3.8, 4) is 0 Å². The zero-order chi connectivity index (χ0) is 12.8. The predicted molar refractivity (Wildman–Crippen MR) is 73.4 cm³/mol. The zero-order valence-electron chi connectivity index (χ0n) is 11.0. The maximum absolute atomic E-state index is 12.2. The van der Waals surface area contributed by atoms with Gasteiger partial charge in [-0.25, -0.2) is 0 Å². The number of benzene rings is 1. The summed E-state index contributed by atoms with van der Waals surface area (Å²) in [6.07, 6.45) is 5.50. The summed E-state index contributed by atoms with van der Waals surface area (Å²) in [5, 5.41) is 6.26. The van der Waals surface area contributed by atoms with Gasteiger partial charge >= 0.3 is 0 Å². The van der Waals surface area contributed by atoms with E-state index in [4.69, 9.17) is 0 Å². The normalized spacial score (nSPS) is 17.6. The van der Waals surface area contributed by atoms with E-state index in [1.54, 1.807) is 0 Å². The zero-order valence-corrected chi connectivity index (χ0v) is 11.0. The van der Waals surface area contributed by atoms with E-state index in [0.717, 1.165) is 19.3 Å². The molecule has 0 heterocycles. The Morgan fingerprint density at radius 3 is 2.56 bits per heavy atom. The van der Waals surface area contributed by atoms with Crippen molar-refractivity contribution in [3.63, 3.8) is 0 Å². The Balaban J connectivity index is 1.89. The van der Waals surface area contributed by atoms with Gasteiger partial charge in [-0.3, -0.25) is 4.79 Å². The van der Waals surface area contributed by atoms with Crippen LogP contribution < -0.4 is 10.6 Å². The highest BCUT2D eigenvalue weighted by Gasteiger charge is 2.22. The van der Waals surface area contributed by atoms with Gasteiger partial charge in [0.25, 0.3) is 0 Å². The molecule has 0 radical (unpaired) electrons. The standard InChI is InChI=1S/C15H22N2O/c1-16-14(11-12-7-3-2-4-8-12)15(18)17-13-9-5-6-10-13/h2-4,7-8,13-14,16H,5-6,9-11H2,1H3,(H,17,18)/t14-/m0/s1. The molecule has 18 heavy (non-hydrogen) atoms. The van der Waals surface area contributed by atoms with Gasteiger partial charge in [0.15, 0.2) is 0 Å². The number of rotatable bonds is 5. The first-order chi connectivity index (χ1) is 8.79. The van der Waals surface area contributed by atoms with E-state index in [-0.39, 0.29) is 11.9 Å². The highest BCUT2D eigenvalue weighted by atomic mass is 16.2. The molecule has 0 unspecified atom stereocenters. The van der Waals surface area contributed by atoms with Gasteiger partial charge in [-0.2, -0.15) is 0 Å². The number of hydrogen-bond acceptors (Lipinski definition) is 2. The third-order valence-corrected chi connectivity index (χ3v) is 3.65. The molecule has 3 heteroatoms. The lowest BCUT2D eigenvalue weighted by Gasteiger charge is -2.19. The number of carbonyl (C=O) groups is 1. The van der Waals surface area contributed by atoms with Gasteiger partial charge in [0.1, 0.15) is 0 Å². The minimum absolute atomic E-state index is 0.131. The number of carbonyl (C=O) groups excluding carboxylic acids is 1. The molecular formula is C15H22N2O. The van der Waals surface area contributed by atoms with Crippen molar-refractivity contribution < 1.29 is 4.79 Å². The lowest BCUT2D eigenvalue weighted by Crippen LogP contribution is -2.47. The summed E-state index contributed by atoms with van der Waals surface area (Å²) in [5.41, 5.74) is 1.19. The van der Waals surface area contributed by atoms with Crippen LogP contribution in [0.3, 0.4) is 0 Å². The Morgan fingerprint density at radius 2 is 1.94 bits per heavy atom. The molecule has 1 fully saturated rings. The minimum Gasteiger partial charge on any atom is -0.352 e. The average Bonchev–Trinajstić information content (AvgIpc) is 2.90. The Kier molecular flexibility index (Phi) is 4.76. The molecule has 0 bridgehead atoms. The molecule has 0 spiro atoms. The molecule has 98 valence electrons. The number of likely N-dealkylation sites (N-methyl/N-ethyl adjacent to an activating group) is 1. The van der Waals surface area contributed by atoms with Crippen LogP contribution in [0.2, 0.25) is 0 Å². The summed E-state index contributed by atoms with van der Waals surface area (Å²) in [7, 11) is 1.85. The van der Waals surface area contributed by atoms with Crippen molar-refractivity contribution in [2.24, 2.45) is 0 Å². The van der Waals surface area contributed by atoms with Gasteiger partial charge in [0, 0.05) is 6.04 Å². The summed E-state index contributed by atoms with van der Waals surface area (Å²) < 4.78 is 0. The van der Waals surface area contributed by atoms with E-state index in [1.165, 1.54) is 18.4 Å². The van der Waals surface area contributed by atoms with Crippen LogP contribution in [0.5, 0.6) is 0 Å². The van der Waals surface area contributed by atoms with E-state index in [1.807, 2.05) is 25.2 Å². The number of amides is 1. The molecule has 1 aromatic carbocycles. The molecule has 3 nitrogen and oxygen atoms in total. The second kappa shape index (κ2) is 6.55. The van der Waals surface area contributed by atoms with E-state index >= 15 is 0 Å². The first-order valence-corrected chi connectivity index (χ1v) is 6.81. The summed E-state index contributed by atoms with van der Waals surface area (Å²) in [6, 6.07) is 10.4. The van der Waals surface area contributed by atoms with Gasteiger partial charge in [-0.1, -0.05) is 43.2 Å². The highest BCUT2D eigenvalue weighted by molar-refractivity contribution is 5.82. The average molecular weight is 246 g/mol. The van der Waals surface area contributed by atoms with Crippen LogP contribution >= 0.6 is 0 Å². The van der Waals surface area contributed by atoms with Crippen molar-refractivity contribution in [1.29, 1.82) is 0 Å². The van der Waals surface area contributed by atoms with Crippen molar-refractivity contribution >= 4 is 5.91 Å². The Morgan fingerprint density at radius 1 is 1.28 bits per heavy atom. The van der Waals surface area contributed by atoms with Crippen LogP contribution in [0.25, 0.3) is 0 Å². The second-order valence-corrected chi connectivity index (χ2v) is 5.02. The molecule has 0 aliphatic heterocycles. The van der Waals surface area contributed by atoms with Gasteiger partial charge in [-0.15, -0.1) is 0 Å². The van der Waals surface area contributed by atoms with E-state index < -0.39 is 0 Å². The first kappa shape index (κ1) is 13.1. The first-order valence-electron chi connectivity index (χ1n) is 6.81. The molecule has 0 aromatic heterocycles. The van der Waals surface area contributed by atoms with Crippen molar-refractivity contribution in [2.45, 2.75) is 44.2 Å². The van der Waals surface area contributed by atoms with E-state index in [0.29, 0.717) is 6.04 Å². The molecule has 2 rings (SSSR count). The fraction of sp³-hybridized carbons (Fsp3) is 0.533. The van der Waals surface area contributed by atoms with Gasteiger partial charge in [0.2, 0.25) is 5.91 Å². The third kappa shape index (κ3) is 3.57. The molecule has 0 saturated heterocycles. The molecule has 1 saturated carbocycles. The van der Waals surface area contributed by atoms with Crippen LogP contribution in [0.1, 0.15) is 31.2 Å². The largest absolute Gasteiger partial charge is 0.352 e. The van der Waals surface area contributed by atoms with Crippen LogP contribution in [0.15, 0.2) is 30.3 Å². The fourth-order valence-corrected chi connectivity index (χ4v) is 2.55. The lowest BCUT2D eigenvalue weighted by molar-refractivity contribution is -0.123. The van der Waals surface area contributed by atoms with Crippen molar-refractivity contribution in [1.82, 2.24) is 10.6 Å². The fourth-order valence-electron chi connectivity index (χ4n) is 2.55. The molecular weight excluding hydrogens is 224 g/mol. The molecule has 1 atom stereocenters. The van der Waals surface area contributed by atoms with Crippen LogP contribution in [0.4, 0.5) is 0 Å². The quantitative estimate of drug-likeness (QED) is 0.833. The van der Waals surface area contributed by atoms with Crippen LogP contribution in [0, 0.1) is 0 Å². The predicted octanol–water partition coefficient (Wildman–Crippen LogP) is 1.88. The van der Waals surface area contributed by atoms with Gasteiger partial charge in [-0.05, 0) is 31.9 Å². The maximum Gasteiger partial charge on any atom is 0.237 e. The van der Waals surface area contributed by atoms with Crippen LogP contribution in [-0.2, 0) is 11.2 Å². The Hall–Kier alpha value is -1.35. The Labute approximate surface area is 109 Å². The summed E-state index contributed by atoms with van der Waals surface area (Å²) >= 11 is 0. The van der Waals surface area contributed by atoms with Crippen LogP contribution in [-0.4, -0.2) is 25.0 Å². The smallest absolute Gasteiger partial charge is 0.237 e. The van der Waals surface area contributed by atoms with Crippen molar-refractivity contribution in [3.05, 3.63) is 35.9 Å². The molecule has 1 aromatic rings. The molecule has 2 N–H and O–H groups in total. The SMILES string of the molecule is CN[C@@H](Cc1ccccc1)C(=O)NC1CCCC1. The lowest BCUT2D eigenvalue weighted by atomic mass is 10.1. The molecule has 1 aliphatic carbocycles. The number of nitrogens with one attached hydrogen (secondary N) is 2. The van der Waals surface area contributed by atoms with Crippen molar-refractivity contribution in [2.75, 3.05) is 7.05 Å². The summed E-state index contributed by atoms with van der Waals surface area (Å²) in [5.74, 6) is 0.133.